The number of ether oxygens (including phenoxy) is 1. The zero-order chi connectivity index (χ0) is 13.5. The van der Waals surface area contributed by atoms with Gasteiger partial charge in [0.05, 0.1) is 0 Å². The first kappa shape index (κ1) is 13.7. The van der Waals surface area contributed by atoms with Crippen molar-refractivity contribution in [2.24, 2.45) is 0 Å². The molecule has 100 valence electrons. The molecule has 0 amide bonds. The fraction of sp³-hybridized carbons (Fsp3) is 0.333. The molecule has 19 heavy (non-hydrogen) atoms. The maximum Gasteiger partial charge on any atom is 0.122 e. The summed E-state index contributed by atoms with van der Waals surface area (Å²) in [6.45, 7) is 5.01. The molecule has 2 aromatic carbocycles. The number of rotatable bonds is 6. The second-order valence-electron chi connectivity index (χ2n) is 4.82. The van der Waals surface area contributed by atoms with Gasteiger partial charge in [-0.2, -0.15) is 0 Å². The molecule has 0 fully saturated rings. The van der Waals surface area contributed by atoms with Crippen LogP contribution in [0.1, 0.15) is 37.0 Å². The average molecular weight is 254 g/mol. The van der Waals surface area contributed by atoms with Crippen LogP contribution in [0.3, 0.4) is 0 Å². The Balaban J connectivity index is 2.03. The Bertz CT molecular complexity index is 517. The molecule has 2 rings (SSSR count). The summed E-state index contributed by atoms with van der Waals surface area (Å²) in [6, 6.07) is 17.0. The quantitative estimate of drug-likeness (QED) is 0.720. The monoisotopic (exact) mass is 254 g/mol. The maximum atomic E-state index is 5.95. The van der Waals surface area contributed by atoms with Gasteiger partial charge in [0, 0.05) is 0 Å². The van der Waals surface area contributed by atoms with Crippen molar-refractivity contribution < 1.29 is 4.74 Å². The highest BCUT2D eigenvalue weighted by atomic mass is 16.5. The van der Waals surface area contributed by atoms with Crippen molar-refractivity contribution in [3.63, 3.8) is 0 Å². The van der Waals surface area contributed by atoms with Crippen LogP contribution in [0.25, 0.3) is 0 Å². The van der Waals surface area contributed by atoms with E-state index in [-0.39, 0.29) is 0 Å². The molecule has 0 aliphatic heterocycles. The van der Waals surface area contributed by atoms with E-state index in [1.54, 1.807) is 0 Å². The lowest BCUT2D eigenvalue weighted by Crippen LogP contribution is -1.98. The second kappa shape index (κ2) is 6.98. The largest absolute Gasteiger partial charge is 0.489 e. The molecule has 0 saturated heterocycles. The first-order valence-corrected chi connectivity index (χ1v) is 7.12. The summed E-state index contributed by atoms with van der Waals surface area (Å²) in [6.07, 6.45) is 3.33. The molecule has 0 radical (unpaired) electrons. The first-order chi connectivity index (χ1) is 9.33. The van der Waals surface area contributed by atoms with E-state index in [4.69, 9.17) is 4.74 Å². The summed E-state index contributed by atoms with van der Waals surface area (Å²) in [5.74, 6) is 1.01. The van der Waals surface area contributed by atoms with E-state index < -0.39 is 0 Å². The first-order valence-electron chi connectivity index (χ1n) is 7.12. The van der Waals surface area contributed by atoms with E-state index in [0.717, 1.165) is 18.6 Å². The van der Waals surface area contributed by atoms with Crippen LogP contribution in [0.2, 0.25) is 0 Å². The molecule has 0 saturated carbocycles. The van der Waals surface area contributed by atoms with Crippen LogP contribution in [-0.2, 0) is 19.4 Å². The van der Waals surface area contributed by atoms with Crippen LogP contribution < -0.4 is 4.74 Å². The average Bonchev–Trinajstić information content (AvgIpc) is 2.46. The number of hydrogen-bond acceptors (Lipinski definition) is 1. The lowest BCUT2D eigenvalue weighted by molar-refractivity contribution is 0.303. The zero-order valence-electron chi connectivity index (χ0n) is 11.9. The molecule has 0 aliphatic carbocycles. The van der Waals surface area contributed by atoms with Gasteiger partial charge in [0.1, 0.15) is 12.4 Å². The van der Waals surface area contributed by atoms with Gasteiger partial charge in [-0.15, -0.1) is 0 Å². The number of aryl methyl sites for hydroxylation is 2. The van der Waals surface area contributed by atoms with Crippen molar-refractivity contribution in [3.8, 4) is 5.75 Å². The molecule has 1 nitrogen and oxygen atoms in total. The summed E-state index contributed by atoms with van der Waals surface area (Å²) in [5.41, 5.74) is 3.91. The van der Waals surface area contributed by atoms with Crippen molar-refractivity contribution in [2.75, 3.05) is 0 Å². The summed E-state index contributed by atoms with van der Waals surface area (Å²) in [4.78, 5) is 0. The highest BCUT2D eigenvalue weighted by Crippen LogP contribution is 2.20. The van der Waals surface area contributed by atoms with Crippen molar-refractivity contribution in [1.29, 1.82) is 0 Å². The molecule has 0 aromatic heterocycles. The molecule has 0 atom stereocenters. The Hall–Kier alpha value is -1.76. The van der Waals surface area contributed by atoms with E-state index >= 15 is 0 Å². The maximum absolute atomic E-state index is 5.95. The molecule has 0 bridgehead atoms. The number of para-hydroxylation sites is 1. The van der Waals surface area contributed by atoms with Crippen LogP contribution in [0.4, 0.5) is 0 Å². The Morgan fingerprint density at radius 2 is 1.68 bits per heavy atom. The Labute approximate surface area is 116 Å². The third kappa shape index (κ3) is 3.85. The van der Waals surface area contributed by atoms with Crippen LogP contribution in [0, 0.1) is 0 Å². The minimum Gasteiger partial charge on any atom is -0.489 e. The van der Waals surface area contributed by atoms with Crippen molar-refractivity contribution in [2.45, 2.75) is 39.7 Å². The van der Waals surface area contributed by atoms with Crippen LogP contribution in [0.15, 0.2) is 48.5 Å². The van der Waals surface area contributed by atoms with Gasteiger partial charge in [-0.05, 0) is 35.6 Å². The van der Waals surface area contributed by atoms with Gasteiger partial charge in [-0.25, -0.2) is 0 Å². The summed E-state index contributed by atoms with van der Waals surface area (Å²) in [7, 11) is 0. The van der Waals surface area contributed by atoms with Gasteiger partial charge in [0.25, 0.3) is 0 Å². The Morgan fingerprint density at radius 3 is 2.47 bits per heavy atom. The fourth-order valence-corrected chi connectivity index (χ4v) is 2.26. The van der Waals surface area contributed by atoms with Crippen molar-refractivity contribution >= 4 is 0 Å². The normalized spacial score (nSPS) is 10.4. The van der Waals surface area contributed by atoms with E-state index in [0.29, 0.717) is 6.61 Å². The molecular weight excluding hydrogens is 232 g/mol. The lowest BCUT2D eigenvalue weighted by Gasteiger charge is -2.11. The number of benzene rings is 2. The van der Waals surface area contributed by atoms with Crippen LogP contribution >= 0.6 is 0 Å². The highest BCUT2D eigenvalue weighted by molar-refractivity contribution is 5.33. The minimum atomic E-state index is 0.647. The molecule has 0 unspecified atom stereocenters. The molecule has 0 N–H and O–H groups in total. The smallest absolute Gasteiger partial charge is 0.122 e. The molecule has 2 aromatic rings. The third-order valence-corrected chi connectivity index (χ3v) is 3.28. The second-order valence-corrected chi connectivity index (χ2v) is 4.82. The van der Waals surface area contributed by atoms with Gasteiger partial charge < -0.3 is 4.74 Å². The predicted octanol–water partition coefficient (Wildman–Crippen LogP) is 4.78. The number of hydrogen-bond donors (Lipinski definition) is 0. The standard InChI is InChI=1S/C18H22O/c1-3-8-15-9-7-10-16(13-15)14-19-18-12-6-5-11-17(18)4-2/h5-7,9-13H,3-4,8,14H2,1-2H3. The van der Waals surface area contributed by atoms with E-state index in [2.05, 4.69) is 56.3 Å². The van der Waals surface area contributed by atoms with Gasteiger partial charge in [0.2, 0.25) is 0 Å². The summed E-state index contributed by atoms with van der Waals surface area (Å²) >= 11 is 0. The summed E-state index contributed by atoms with van der Waals surface area (Å²) < 4.78 is 5.95. The lowest BCUT2D eigenvalue weighted by atomic mass is 10.1. The topological polar surface area (TPSA) is 9.23 Å². The Kier molecular flexibility index (Phi) is 5.02. The SMILES string of the molecule is CCCc1cccc(COc2ccccc2CC)c1. The molecule has 0 heterocycles. The molecule has 1 heteroatoms. The third-order valence-electron chi connectivity index (χ3n) is 3.28. The van der Waals surface area contributed by atoms with E-state index in [1.807, 2.05) is 6.07 Å². The Morgan fingerprint density at radius 1 is 0.895 bits per heavy atom. The summed E-state index contributed by atoms with van der Waals surface area (Å²) in [5, 5.41) is 0. The van der Waals surface area contributed by atoms with Gasteiger partial charge in [0.15, 0.2) is 0 Å². The predicted molar refractivity (Wildman–Crippen MR) is 80.6 cm³/mol. The van der Waals surface area contributed by atoms with Gasteiger partial charge in [-0.3, -0.25) is 0 Å². The van der Waals surface area contributed by atoms with Crippen molar-refractivity contribution in [3.05, 3.63) is 65.2 Å². The van der Waals surface area contributed by atoms with Gasteiger partial charge >= 0.3 is 0 Å². The zero-order valence-corrected chi connectivity index (χ0v) is 11.9. The highest BCUT2D eigenvalue weighted by Gasteiger charge is 2.02. The van der Waals surface area contributed by atoms with E-state index in [1.165, 1.54) is 23.1 Å². The van der Waals surface area contributed by atoms with Crippen molar-refractivity contribution in [1.82, 2.24) is 0 Å². The van der Waals surface area contributed by atoms with E-state index in [9.17, 15) is 0 Å². The fourth-order valence-electron chi connectivity index (χ4n) is 2.26. The molecule has 0 spiro atoms. The molecule has 0 aliphatic rings. The van der Waals surface area contributed by atoms with Crippen LogP contribution in [0.5, 0.6) is 5.75 Å². The minimum absolute atomic E-state index is 0.647. The van der Waals surface area contributed by atoms with Gasteiger partial charge in [-0.1, -0.05) is 62.7 Å². The van der Waals surface area contributed by atoms with Crippen LogP contribution in [-0.4, -0.2) is 0 Å². The molecular formula is C18H22O.